The molecule has 1 fully saturated rings. The quantitative estimate of drug-likeness (QED) is 0.397. The number of thiazole rings is 1. The van der Waals surface area contributed by atoms with Crippen LogP contribution in [0.1, 0.15) is 12.1 Å². The molecule has 8 heteroatoms. The molecule has 2 aromatic heterocycles. The van der Waals surface area contributed by atoms with Gasteiger partial charge in [-0.05, 0) is 55.0 Å². The Hall–Kier alpha value is -3.52. The van der Waals surface area contributed by atoms with E-state index in [1.807, 2.05) is 41.3 Å². The molecule has 0 bridgehead atoms. The number of ether oxygens (including phenoxy) is 2. The van der Waals surface area contributed by atoms with E-state index < -0.39 is 0 Å². The first kappa shape index (κ1) is 22.3. The molecule has 5 rings (SSSR count). The predicted molar refractivity (Wildman–Crippen MR) is 135 cm³/mol. The van der Waals surface area contributed by atoms with E-state index in [9.17, 15) is 4.79 Å². The third-order valence-corrected chi connectivity index (χ3v) is 7.22. The van der Waals surface area contributed by atoms with E-state index in [0.717, 1.165) is 59.6 Å². The van der Waals surface area contributed by atoms with Crippen LogP contribution in [0.2, 0.25) is 0 Å². The molecule has 1 amide bonds. The van der Waals surface area contributed by atoms with Gasteiger partial charge in [0, 0.05) is 61.1 Å². The first-order valence-electron chi connectivity index (χ1n) is 11.4. The molecule has 4 aromatic rings. The number of methoxy groups -OCH3 is 2. The molecular formula is C26H28N4O3S. The van der Waals surface area contributed by atoms with Crippen molar-refractivity contribution < 1.29 is 14.3 Å². The fourth-order valence-corrected chi connectivity index (χ4v) is 5.22. The molecule has 1 saturated heterocycles. The van der Waals surface area contributed by atoms with Crippen LogP contribution in [0.15, 0.2) is 60.1 Å². The van der Waals surface area contributed by atoms with Crippen LogP contribution >= 0.6 is 11.3 Å². The Morgan fingerprint density at radius 3 is 2.24 bits per heavy atom. The van der Waals surface area contributed by atoms with Gasteiger partial charge in [-0.25, -0.2) is 4.98 Å². The number of nitrogens with zero attached hydrogens (tertiary/aromatic N) is 4. The minimum absolute atomic E-state index is 0.212. The highest BCUT2D eigenvalue weighted by molar-refractivity contribution is 7.15. The lowest BCUT2D eigenvalue weighted by molar-refractivity contribution is -0.131. The normalized spacial score (nSPS) is 13.9. The fraction of sp³-hybridized carbons (Fsp3) is 0.308. The first-order valence-corrected chi connectivity index (χ1v) is 12.3. The topological polar surface area (TPSA) is 59.3 Å². The molecule has 2 aromatic carbocycles. The van der Waals surface area contributed by atoms with Crippen LogP contribution in [0.4, 0.5) is 5.69 Å². The lowest BCUT2D eigenvalue weighted by Gasteiger charge is -2.36. The number of benzene rings is 2. The summed E-state index contributed by atoms with van der Waals surface area (Å²) in [5.74, 6) is 1.90. The van der Waals surface area contributed by atoms with E-state index in [-0.39, 0.29) is 5.91 Å². The van der Waals surface area contributed by atoms with Gasteiger partial charge in [0.15, 0.2) is 4.96 Å². The molecule has 34 heavy (non-hydrogen) atoms. The molecule has 0 saturated carbocycles. The molecular weight excluding hydrogens is 448 g/mol. The Morgan fingerprint density at radius 2 is 1.59 bits per heavy atom. The standard InChI is InChI=1S/C26H28N4O3S/c1-32-22-8-3-19(4-9-22)24-17-30-21(18-34-26(30)27-24)7-12-25(31)29-15-13-28(14-16-29)20-5-10-23(33-2)11-6-20/h3-6,8-11,17-18H,7,12-16H2,1-2H3. The summed E-state index contributed by atoms with van der Waals surface area (Å²) in [7, 11) is 3.34. The second-order valence-corrected chi connectivity index (χ2v) is 9.14. The Morgan fingerprint density at radius 1 is 0.941 bits per heavy atom. The molecule has 176 valence electrons. The number of fused-ring (bicyclic) bond motifs is 1. The largest absolute Gasteiger partial charge is 0.497 e. The number of carbonyl (C=O) groups is 1. The van der Waals surface area contributed by atoms with Crippen molar-refractivity contribution >= 4 is 27.9 Å². The van der Waals surface area contributed by atoms with Gasteiger partial charge in [0.2, 0.25) is 5.91 Å². The Kier molecular flexibility index (Phi) is 6.40. The van der Waals surface area contributed by atoms with Gasteiger partial charge in [-0.3, -0.25) is 9.20 Å². The minimum atomic E-state index is 0.212. The Labute approximate surface area is 203 Å². The van der Waals surface area contributed by atoms with E-state index in [4.69, 9.17) is 14.5 Å². The molecule has 0 atom stereocenters. The smallest absolute Gasteiger partial charge is 0.223 e. The number of piperazine rings is 1. The zero-order valence-electron chi connectivity index (χ0n) is 19.4. The van der Waals surface area contributed by atoms with Gasteiger partial charge in [0.1, 0.15) is 11.5 Å². The maximum atomic E-state index is 12.9. The molecule has 0 spiro atoms. The maximum absolute atomic E-state index is 12.9. The summed E-state index contributed by atoms with van der Waals surface area (Å²) >= 11 is 1.61. The average Bonchev–Trinajstić information content (AvgIpc) is 3.49. The van der Waals surface area contributed by atoms with Crippen LogP contribution in [-0.4, -0.2) is 60.6 Å². The lowest BCUT2D eigenvalue weighted by Crippen LogP contribution is -2.48. The number of carbonyl (C=O) groups excluding carboxylic acids is 1. The number of hydrogen-bond acceptors (Lipinski definition) is 6. The van der Waals surface area contributed by atoms with Crippen LogP contribution < -0.4 is 14.4 Å². The van der Waals surface area contributed by atoms with E-state index >= 15 is 0 Å². The van der Waals surface area contributed by atoms with E-state index in [1.165, 1.54) is 5.69 Å². The average molecular weight is 477 g/mol. The third-order valence-electron chi connectivity index (χ3n) is 6.33. The number of aromatic nitrogens is 2. The summed E-state index contributed by atoms with van der Waals surface area (Å²) in [5, 5.41) is 2.11. The van der Waals surface area contributed by atoms with Crippen molar-refractivity contribution in [2.75, 3.05) is 45.3 Å². The molecule has 1 aliphatic rings. The number of rotatable bonds is 7. The zero-order valence-corrected chi connectivity index (χ0v) is 20.3. The third kappa shape index (κ3) is 4.59. The monoisotopic (exact) mass is 476 g/mol. The Bertz CT molecular complexity index is 1260. The van der Waals surface area contributed by atoms with Crippen molar-refractivity contribution in [3.8, 4) is 22.8 Å². The number of imidazole rings is 1. The van der Waals surface area contributed by atoms with Crippen LogP contribution in [0.5, 0.6) is 11.5 Å². The predicted octanol–water partition coefficient (Wildman–Crippen LogP) is 4.36. The fourth-order valence-electron chi connectivity index (χ4n) is 4.31. The molecule has 7 nitrogen and oxygen atoms in total. The van der Waals surface area contributed by atoms with Crippen molar-refractivity contribution in [1.82, 2.24) is 14.3 Å². The SMILES string of the molecule is COc1ccc(-c2cn3c(CCC(=O)N4CCN(c5ccc(OC)cc5)CC4)csc3n2)cc1. The number of anilines is 1. The van der Waals surface area contributed by atoms with E-state index in [1.54, 1.807) is 25.6 Å². The maximum Gasteiger partial charge on any atom is 0.223 e. The summed E-state index contributed by atoms with van der Waals surface area (Å²) in [6.07, 6.45) is 3.27. The zero-order chi connectivity index (χ0) is 23.5. The number of amides is 1. The van der Waals surface area contributed by atoms with Crippen molar-refractivity contribution in [2.24, 2.45) is 0 Å². The van der Waals surface area contributed by atoms with Crippen molar-refractivity contribution in [3.05, 3.63) is 65.8 Å². The molecule has 1 aliphatic heterocycles. The molecule has 3 heterocycles. The van der Waals surface area contributed by atoms with Crippen LogP contribution in [0, 0.1) is 0 Å². The second-order valence-electron chi connectivity index (χ2n) is 8.30. The molecule has 0 aliphatic carbocycles. The summed E-state index contributed by atoms with van der Waals surface area (Å²) in [5.41, 5.74) is 4.27. The van der Waals surface area contributed by atoms with Crippen molar-refractivity contribution in [3.63, 3.8) is 0 Å². The van der Waals surface area contributed by atoms with E-state index in [0.29, 0.717) is 12.8 Å². The van der Waals surface area contributed by atoms with Gasteiger partial charge in [-0.15, -0.1) is 11.3 Å². The lowest BCUT2D eigenvalue weighted by atomic mass is 10.1. The van der Waals surface area contributed by atoms with Crippen molar-refractivity contribution in [2.45, 2.75) is 12.8 Å². The molecule has 0 N–H and O–H groups in total. The van der Waals surface area contributed by atoms with Gasteiger partial charge in [-0.1, -0.05) is 0 Å². The van der Waals surface area contributed by atoms with Gasteiger partial charge >= 0.3 is 0 Å². The van der Waals surface area contributed by atoms with Gasteiger partial charge in [0.25, 0.3) is 0 Å². The highest BCUT2D eigenvalue weighted by atomic mass is 32.1. The highest BCUT2D eigenvalue weighted by Crippen LogP contribution is 2.26. The summed E-state index contributed by atoms with van der Waals surface area (Å²) in [4.78, 5) is 22.9. The summed E-state index contributed by atoms with van der Waals surface area (Å²) < 4.78 is 12.6. The first-order chi connectivity index (χ1) is 16.6. The summed E-state index contributed by atoms with van der Waals surface area (Å²) in [6.45, 7) is 3.17. The number of aryl methyl sites for hydroxylation is 1. The Balaban J connectivity index is 1.17. The van der Waals surface area contributed by atoms with E-state index in [2.05, 4.69) is 33.0 Å². The van der Waals surface area contributed by atoms with Crippen molar-refractivity contribution in [1.29, 1.82) is 0 Å². The molecule has 0 radical (unpaired) electrons. The van der Waals surface area contributed by atoms with Crippen LogP contribution in [-0.2, 0) is 11.2 Å². The summed E-state index contributed by atoms with van der Waals surface area (Å²) in [6, 6.07) is 16.0. The van der Waals surface area contributed by atoms with Crippen LogP contribution in [0.3, 0.4) is 0 Å². The number of hydrogen-bond donors (Lipinski definition) is 0. The van der Waals surface area contributed by atoms with Gasteiger partial charge in [0.05, 0.1) is 19.9 Å². The van der Waals surface area contributed by atoms with Crippen LogP contribution in [0.25, 0.3) is 16.2 Å². The van der Waals surface area contributed by atoms with Gasteiger partial charge in [-0.2, -0.15) is 0 Å². The van der Waals surface area contributed by atoms with Gasteiger partial charge < -0.3 is 19.3 Å². The molecule has 0 unspecified atom stereocenters. The highest BCUT2D eigenvalue weighted by Gasteiger charge is 2.21. The minimum Gasteiger partial charge on any atom is -0.497 e. The second kappa shape index (κ2) is 9.77.